The van der Waals surface area contributed by atoms with Gasteiger partial charge < -0.3 is 15.4 Å². The van der Waals surface area contributed by atoms with Gasteiger partial charge >= 0.3 is 0 Å². The van der Waals surface area contributed by atoms with E-state index >= 15 is 0 Å². The van der Waals surface area contributed by atoms with E-state index in [1.54, 1.807) is 11.8 Å². The van der Waals surface area contributed by atoms with Gasteiger partial charge in [0.05, 0.1) is 5.75 Å². The standard InChI is InChI=1S/C12H15N3O2S/c1-8-4-2-3-5-10(8)18-7-11-14-12(17-15-11)9(16)6-13/h2-5,9,16H,6-7,13H2,1H3/t9-/m0/s1. The average molecular weight is 265 g/mol. The monoisotopic (exact) mass is 265 g/mol. The molecule has 0 fully saturated rings. The predicted molar refractivity (Wildman–Crippen MR) is 69.1 cm³/mol. The van der Waals surface area contributed by atoms with Crippen LogP contribution in [0.15, 0.2) is 33.7 Å². The zero-order valence-corrected chi connectivity index (χ0v) is 10.9. The van der Waals surface area contributed by atoms with E-state index in [9.17, 15) is 5.11 Å². The second-order valence-corrected chi connectivity index (χ2v) is 4.87. The van der Waals surface area contributed by atoms with Crippen molar-refractivity contribution in [1.82, 2.24) is 10.1 Å². The number of aryl methyl sites for hydroxylation is 1. The minimum absolute atomic E-state index is 0.0760. The van der Waals surface area contributed by atoms with Gasteiger partial charge in [0.1, 0.15) is 6.10 Å². The lowest BCUT2D eigenvalue weighted by molar-refractivity contribution is 0.141. The molecule has 0 saturated heterocycles. The molecule has 1 aromatic carbocycles. The second kappa shape index (κ2) is 5.99. The van der Waals surface area contributed by atoms with Crippen LogP contribution in [0.3, 0.4) is 0 Å². The van der Waals surface area contributed by atoms with E-state index in [0.29, 0.717) is 11.6 Å². The number of nitrogens with two attached hydrogens (primary N) is 1. The van der Waals surface area contributed by atoms with Crippen LogP contribution in [0.4, 0.5) is 0 Å². The zero-order valence-electron chi connectivity index (χ0n) is 10.0. The second-order valence-electron chi connectivity index (χ2n) is 3.85. The number of aliphatic hydroxyl groups excluding tert-OH is 1. The summed E-state index contributed by atoms with van der Waals surface area (Å²) >= 11 is 1.63. The predicted octanol–water partition coefficient (Wildman–Crippen LogP) is 1.66. The van der Waals surface area contributed by atoms with E-state index in [4.69, 9.17) is 10.3 Å². The molecule has 1 atom stereocenters. The van der Waals surface area contributed by atoms with Crippen LogP contribution in [0.25, 0.3) is 0 Å². The van der Waals surface area contributed by atoms with Gasteiger partial charge in [-0.15, -0.1) is 11.8 Å². The van der Waals surface area contributed by atoms with Crippen molar-refractivity contribution < 1.29 is 9.63 Å². The number of thioether (sulfide) groups is 1. The summed E-state index contributed by atoms with van der Waals surface area (Å²) in [5.74, 6) is 1.34. The minimum atomic E-state index is -0.880. The summed E-state index contributed by atoms with van der Waals surface area (Å²) in [6.45, 7) is 2.13. The Morgan fingerprint density at radius 1 is 1.44 bits per heavy atom. The Hall–Kier alpha value is -1.37. The quantitative estimate of drug-likeness (QED) is 0.800. The van der Waals surface area contributed by atoms with E-state index in [2.05, 4.69) is 29.2 Å². The molecule has 3 N–H and O–H groups in total. The fourth-order valence-corrected chi connectivity index (χ4v) is 2.30. The van der Waals surface area contributed by atoms with Gasteiger partial charge in [-0.25, -0.2) is 0 Å². The van der Waals surface area contributed by atoms with E-state index < -0.39 is 6.10 Å². The van der Waals surface area contributed by atoms with Crippen LogP contribution in [0.2, 0.25) is 0 Å². The Kier molecular flexibility index (Phi) is 4.35. The van der Waals surface area contributed by atoms with Crippen LogP contribution in [-0.2, 0) is 5.75 Å². The highest BCUT2D eigenvalue weighted by molar-refractivity contribution is 7.98. The van der Waals surface area contributed by atoms with Crippen LogP contribution in [0, 0.1) is 6.92 Å². The molecule has 1 aromatic heterocycles. The van der Waals surface area contributed by atoms with Gasteiger partial charge in [0.15, 0.2) is 5.82 Å². The first-order valence-electron chi connectivity index (χ1n) is 5.59. The molecule has 0 aliphatic heterocycles. The van der Waals surface area contributed by atoms with E-state index in [0.717, 1.165) is 0 Å². The van der Waals surface area contributed by atoms with Crippen molar-refractivity contribution >= 4 is 11.8 Å². The SMILES string of the molecule is Cc1ccccc1SCc1noc([C@@H](O)CN)n1. The lowest BCUT2D eigenvalue weighted by Gasteiger charge is -2.02. The van der Waals surface area contributed by atoms with Crippen LogP contribution in [0.1, 0.15) is 23.4 Å². The molecule has 0 spiro atoms. The molecule has 0 aliphatic rings. The molecule has 0 bridgehead atoms. The number of aromatic nitrogens is 2. The summed E-state index contributed by atoms with van der Waals surface area (Å²) in [4.78, 5) is 5.28. The van der Waals surface area contributed by atoms with E-state index in [1.165, 1.54) is 10.5 Å². The molecule has 96 valence electrons. The molecular formula is C12H15N3O2S. The van der Waals surface area contributed by atoms with Crippen molar-refractivity contribution in [2.45, 2.75) is 23.7 Å². The Bertz CT molecular complexity index is 516. The number of rotatable bonds is 5. The molecule has 2 aromatic rings. The van der Waals surface area contributed by atoms with Gasteiger partial charge in [-0.2, -0.15) is 4.98 Å². The Morgan fingerprint density at radius 2 is 2.22 bits per heavy atom. The Labute approximate surface area is 109 Å². The molecule has 0 saturated carbocycles. The normalized spacial score (nSPS) is 12.6. The number of nitrogens with zero attached hydrogens (tertiary/aromatic N) is 2. The molecule has 18 heavy (non-hydrogen) atoms. The van der Waals surface area contributed by atoms with Crippen molar-refractivity contribution in [3.63, 3.8) is 0 Å². The third-order valence-corrected chi connectivity index (χ3v) is 3.61. The van der Waals surface area contributed by atoms with Gasteiger partial charge in [-0.3, -0.25) is 0 Å². The highest BCUT2D eigenvalue weighted by atomic mass is 32.2. The fourth-order valence-electron chi connectivity index (χ4n) is 1.42. The minimum Gasteiger partial charge on any atom is -0.382 e. The first kappa shape index (κ1) is 13.1. The molecule has 0 amide bonds. The zero-order chi connectivity index (χ0) is 13.0. The summed E-state index contributed by atoms with van der Waals surface area (Å²) in [5, 5.41) is 13.3. The maximum absolute atomic E-state index is 9.44. The van der Waals surface area contributed by atoms with Crippen molar-refractivity contribution in [3.05, 3.63) is 41.5 Å². The van der Waals surface area contributed by atoms with Crippen molar-refractivity contribution in [3.8, 4) is 0 Å². The smallest absolute Gasteiger partial charge is 0.256 e. The topological polar surface area (TPSA) is 85.2 Å². The van der Waals surface area contributed by atoms with Gasteiger partial charge in [0.25, 0.3) is 5.89 Å². The maximum Gasteiger partial charge on any atom is 0.256 e. The lowest BCUT2D eigenvalue weighted by Crippen LogP contribution is -2.11. The third kappa shape index (κ3) is 3.10. The van der Waals surface area contributed by atoms with Crippen LogP contribution >= 0.6 is 11.8 Å². The molecule has 0 radical (unpaired) electrons. The summed E-state index contributed by atoms with van der Waals surface area (Å²) in [6, 6.07) is 8.11. The van der Waals surface area contributed by atoms with Crippen LogP contribution in [0.5, 0.6) is 0 Å². The highest BCUT2D eigenvalue weighted by Crippen LogP contribution is 2.25. The lowest BCUT2D eigenvalue weighted by atomic mass is 10.2. The Balaban J connectivity index is 1.98. The summed E-state index contributed by atoms with van der Waals surface area (Å²) < 4.78 is 4.93. The first-order chi connectivity index (χ1) is 8.70. The summed E-state index contributed by atoms with van der Waals surface area (Å²) in [5.41, 5.74) is 6.53. The van der Waals surface area contributed by atoms with Crippen LogP contribution in [-0.4, -0.2) is 21.8 Å². The number of aliphatic hydroxyl groups is 1. The average Bonchev–Trinajstić information content (AvgIpc) is 2.86. The molecule has 0 aliphatic carbocycles. The van der Waals surface area contributed by atoms with Crippen LogP contribution < -0.4 is 5.73 Å². The van der Waals surface area contributed by atoms with Crippen molar-refractivity contribution in [2.75, 3.05) is 6.54 Å². The first-order valence-corrected chi connectivity index (χ1v) is 6.58. The van der Waals surface area contributed by atoms with Crippen molar-refractivity contribution in [1.29, 1.82) is 0 Å². The maximum atomic E-state index is 9.44. The van der Waals surface area contributed by atoms with Crippen molar-refractivity contribution in [2.24, 2.45) is 5.73 Å². The van der Waals surface area contributed by atoms with E-state index in [1.807, 2.05) is 12.1 Å². The van der Waals surface area contributed by atoms with Gasteiger partial charge in [-0.1, -0.05) is 23.4 Å². The molecule has 6 heteroatoms. The number of hydrogen-bond donors (Lipinski definition) is 2. The molecular weight excluding hydrogens is 250 g/mol. The van der Waals surface area contributed by atoms with Gasteiger partial charge in [0.2, 0.25) is 0 Å². The molecule has 2 rings (SSSR count). The fraction of sp³-hybridized carbons (Fsp3) is 0.333. The summed E-state index contributed by atoms with van der Waals surface area (Å²) in [7, 11) is 0. The Morgan fingerprint density at radius 3 is 2.94 bits per heavy atom. The van der Waals surface area contributed by atoms with E-state index in [-0.39, 0.29) is 12.4 Å². The summed E-state index contributed by atoms with van der Waals surface area (Å²) in [6.07, 6.45) is -0.880. The number of hydrogen-bond acceptors (Lipinski definition) is 6. The van der Waals surface area contributed by atoms with Gasteiger partial charge in [-0.05, 0) is 18.6 Å². The number of benzene rings is 1. The molecule has 1 heterocycles. The van der Waals surface area contributed by atoms with Gasteiger partial charge in [0, 0.05) is 11.4 Å². The molecule has 0 unspecified atom stereocenters. The highest BCUT2D eigenvalue weighted by Gasteiger charge is 2.14. The third-order valence-electron chi connectivity index (χ3n) is 2.44. The molecule has 5 nitrogen and oxygen atoms in total. The largest absolute Gasteiger partial charge is 0.382 e.